The number of hydrogen-bond donors (Lipinski definition) is 1. The molecule has 0 heterocycles. The second-order valence-electron chi connectivity index (χ2n) is 4.32. The molecule has 0 spiro atoms. The number of likely N-dealkylation sites (N-methyl/N-ethyl adjacent to an activating group) is 1. The molecule has 0 saturated carbocycles. The molecular formula is C15H18N2O3. The largest absolute Gasteiger partial charge is 0.497 e. The minimum absolute atomic E-state index is 0.0197. The lowest BCUT2D eigenvalue weighted by Gasteiger charge is -2.14. The smallest absolute Gasteiger partial charge is 0.261 e. The number of hydrogen-bond acceptors (Lipinski definition) is 4. The van der Waals surface area contributed by atoms with E-state index in [1.165, 1.54) is 13.1 Å². The second kappa shape index (κ2) is 7.19. The summed E-state index contributed by atoms with van der Waals surface area (Å²) >= 11 is 0. The van der Waals surface area contributed by atoms with Crippen LogP contribution in [0.5, 0.6) is 11.5 Å². The molecule has 1 amide bonds. The van der Waals surface area contributed by atoms with Crippen molar-refractivity contribution in [1.82, 2.24) is 5.32 Å². The van der Waals surface area contributed by atoms with Gasteiger partial charge in [-0.1, -0.05) is 0 Å². The number of rotatable bonds is 5. The summed E-state index contributed by atoms with van der Waals surface area (Å²) in [6.07, 6.45) is 1.47. The fourth-order valence-electron chi connectivity index (χ4n) is 1.56. The second-order valence-corrected chi connectivity index (χ2v) is 4.32. The third-order valence-corrected chi connectivity index (χ3v) is 2.48. The number of ether oxygens (including phenoxy) is 2. The molecule has 0 aliphatic heterocycles. The Hall–Kier alpha value is -2.48. The van der Waals surface area contributed by atoms with Gasteiger partial charge in [-0.25, -0.2) is 0 Å². The van der Waals surface area contributed by atoms with Gasteiger partial charge >= 0.3 is 0 Å². The molecule has 0 radical (unpaired) electrons. The first-order valence-corrected chi connectivity index (χ1v) is 6.20. The van der Waals surface area contributed by atoms with Crippen LogP contribution < -0.4 is 14.8 Å². The molecule has 0 unspecified atom stereocenters. The summed E-state index contributed by atoms with van der Waals surface area (Å²) in [7, 11) is 3.04. The Morgan fingerprint density at radius 2 is 2.15 bits per heavy atom. The number of amides is 1. The first kappa shape index (κ1) is 15.6. The zero-order valence-corrected chi connectivity index (χ0v) is 12.1. The third-order valence-electron chi connectivity index (χ3n) is 2.48. The highest BCUT2D eigenvalue weighted by atomic mass is 16.5. The highest BCUT2D eigenvalue weighted by molar-refractivity contribution is 6.01. The third kappa shape index (κ3) is 4.02. The fraction of sp³-hybridized carbons (Fsp3) is 0.333. The van der Waals surface area contributed by atoms with E-state index in [1.54, 1.807) is 25.3 Å². The maximum Gasteiger partial charge on any atom is 0.261 e. The van der Waals surface area contributed by atoms with Crippen molar-refractivity contribution in [3.8, 4) is 17.6 Å². The van der Waals surface area contributed by atoms with E-state index >= 15 is 0 Å². The molecular weight excluding hydrogens is 256 g/mol. The van der Waals surface area contributed by atoms with Crippen molar-refractivity contribution in [3.05, 3.63) is 29.3 Å². The van der Waals surface area contributed by atoms with Gasteiger partial charge in [0.15, 0.2) is 0 Å². The van der Waals surface area contributed by atoms with Crippen LogP contribution in [0.25, 0.3) is 6.08 Å². The summed E-state index contributed by atoms with van der Waals surface area (Å²) in [4.78, 5) is 11.5. The predicted octanol–water partition coefficient (Wildman–Crippen LogP) is 2.14. The van der Waals surface area contributed by atoms with E-state index in [0.29, 0.717) is 17.1 Å². The lowest BCUT2D eigenvalue weighted by atomic mass is 10.1. The number of methoxy groups -OCH3 is 1. The molecule has 0 aromatic heterocycles. The van der Waals surface area contributed by atoms with E-state index in [1.807, 2.05) is 19.9 Å². The Morgan fingerprint density at radius 3 is 2.65 bits per heavy atom. The van der Waals surface area contributed by atoms with Gasteiger partial charge in [0.1, 0.15) is 23.1 Å². The number of nitrogens with one attached hydrogen (secondary N) is 1. The summed E-state index contributed by atoms with van der Waals surface area (Å²) in [6, 6.07) is 7.09. The maximum atomic E-state index is 11.5. The standard InChI is InChI=1S/C15H18N2O3/c1-10(2)20-14-8-13(19-4)6-5-11(14)7-12(9-16)15(18)17-3/h5-8,10H,1-4H3,(H,17,18)/b12-7+. The van der Waals surface area contributed by atoms with E-state index in [0.717, 1.165) is 0 Å². The van der Waals surface area contributed by atoms with Crippen molar-refractivity contribution in [2.75, 3.05) is 14.2 Å². The van der Waals surface area contributed by atoms with Crippen LogP contribution in [0, 0.1) is 11.3 Å². The van der Waals surface area contributed by atoms with Crippen molar-refractivity contribution in [2.45, 2.75) is 20.0 Å². The summed E-state index contributed by atoms with van der Waals surface area (Å²) in [5, 5.41) is 11.4. The van der Waals surface area contributed by atoms with E-state index in [4.69, 9.17) is 14.7 Å². The van der Waals surface area contributed by atoms with Crippen molar-refractivity contribution < 1.29 is 14.3 Å². The SMILES string of the molecule is CNC(=O)/C(C#N)=C/c1ccc(OC)cc1OC(C)C. The van der Waals surface area contributed by atoms with E-state index < -0.39 is 5.91 Å². The lowest BCUT2D eigenvalue weighted by molar-refractivity contribution is -0.116. The van der Waals surface area contributed by atoms with Crippen molar-refractivity contribution >= 4 is 12.0 Å². The number of carbonyl (C=O) groups excluding carboxylic acids is 1. The highest BCUT2D eigenvalue weighted by Crippen LogP contribution is 2.27. The summed E-state index contributed by atoms with van der Waals surface area (Å²) < 4.78 is 10.8. The fourth-order valence-corrected chi connectivity index (χ4v) is 1.56. The molecule has 106 valence electrons. The number of nitriles is 1. The van der Waals surface area contributed by atoms with Crippen LogP contribution in [-0.2, 0) is 4.79 Å². The minimum atomic E-state index is -0.432. The molecule has 20 heavy (non-hydrogen) atoms. The number of carbonyl (C=O) groups is 1. The molecule has 5 nitrogen and oxygen atoms in total. The molecule has 1 rings (SSSR count). The summed E-state index contributed by atoms with van der Waals surface area (Å²) in [5.74, 6) is 0.783. The van der Waals surface area contributed by atoms with Gasteiger partial charge in [-0.15, -0.1) is 0 Å². The average Bonchev–Trinajstić information content (AvgIpc) is 2.44. The van der Waals surface area contributed by atoms with Crippen LogP contribution in [0.1, 0.15) is 19.4 Å². The minimum Gasteiger partial charge on any atom is -0.497 e. The highest BCUT2D eigenvalue weighted by Gasteiger charge is 2.11. The van der Waals surface area contributed by atoms with Gasteiger partial charge in [-0.05, 0) is 32.1 Å². The Balaban J connectivity index is 3.26. The van der Waals surface area contributed by atoms with Gasteiger partial charge < -0.3 is 14.8 Å². The first-order chi connectivity index (χ1) is 9.51. The molecule has 0 aliphatic rings. The van der Waals surface area contributed by atoms with Gasteiger partial charge in [-0.2, -0.15) is 5.26 Å². The van der Waals surface area contributed by atoms with Crippen molar-refractivity contribution in [1.29, 1.82) is 5.26 Å². The Morgan fingerprint density at radius 1 is 1.45 bits per heavy atom. The summed E-state index contributed by atoms with van der Waals surface area (Å²) in [5.41, 5.74) is 0.672. The molecule has 0 bridgehead atoms. The van der Waals surface area contributed by atoms with Crippen LogP contribution in [-0.4, -0.2) is 26.2 Å². The molecule has 0 fully saturated rings. The maximum absolute atomic E-state index is 11.5. The Bertz CT molecular complexity index is 557. The molecule has 0 atom stereocenters. The Labute approximate surface area is 118 Å². The predicted molar refractivity (Wildman–Crippen MR) is 76.4 cm³/mol. The van der Waals surface area contributed by atoms with Crippen LogP contribution >= 0.6 is 0 Å². The average molecular weight is 274 g/mol. The zero-order chi connectivity index (χ0) is 15.1. The molecule has 1 N–H and O–H groups in total. The normalized spacial score (nSPS) is 10.9. The van der Waals surface area contributed by atoms with Crippen LogP contribution in [0.4, 0.5) is 0 Å². The Kier molecular flexibility index (Phi) is 5.60. The van der Waals surface area contributed by atoms with Crippen LogP contribution in [0.2, 0.25) is 0 Å². The van der Waals surface area contributed by atoms with Gasteiger partial charge in [0.25, 0.3) is 5.91 Å². The zero-order valence-electron chi connectivity index (χ0n) is 12.1. The first-order valence-electron chi connectivity index (χ1n) is 6.20. The lowest BCUT2D eigenvalue weighted by Crippen LogP contribution is -2.19. The molecule has 1 aromatic rings. The topological polar surface area (TPSA) is 71.4 Å². The van der Waals surface area contributed by atoms with Crippen LogP contribution in [0.3, 0.4) is 0 Å². The van der Waals surface area contributed by atoms with Crippen molar-refractivity contribution in [2.24, 2.45) is 0 Å². The summed E-state index contributed by atoms with van der Waals surface area (Å²) in [6.45, 7) is 3.80. The van der Waals surface area contributed by atoms with Gasteiger partial charge in [0.2, 0.25) is 0 Å². The molecule has 5 heteroatoms. The van der Waals surface area contributed by atoms with E-state index in [9.17, 15) is 4.79 Å². The van der Waals surface area contributed by atoms with Gasteiger partial charge in [-0.3, -0.25) is 4.79 Å². The monoisotopic (exact) mass is 274 g/mol. The number of nitrogens with zero attached hydrogens (tertiary/aromatic N) is 1. The van der Waals surface area contributed by atoms with E-state index in [2.05, 4.69) is 5.32 Å². The molecule has 0 aliphatic carbocycles. The van der Waals surface area contributed by atoms with Crippen molar-refractivity contribution in [3.63, 3.8) is 0 Å². The van der Waals surface area contributed by atoms with Gasteiger partial charge in [0.05, 0.1) is 13.2 Å². The molecule has 1 aromatic carbocycles. The molecule has 0 saturated heterocycles. The van der Waals surface area contributed by atoms with Gasteiger partial charge in [0, 0.05) is 18.7 Å². The van der Waals surface area contributed by atoms with E-state index in [-0.39, 0.29) is 11.7 Å². The quantitative estimate of drug-likeness (QED) is 0.659. The number of benzene rings is 1. The van der Waals surface area contributed by atoms with Crippen LogP contribution in [0.15, 0.2) is 23.8 Å².